The number of aromatic nitrogens is 2. The Morgan fingerprint density at radius 1 is 1.18 bits per heavy atom. The first-order valence-corrected chi connectivity index (χ1v) is 7.58. The molecule has 0 aliphatic carbocycles. The van der Waals surface area contributed by atoms with E-state index in [0.29, 0.717) is 0 Å². The van der Waals surface area contributed by atoms with Gasteiger partial charge >= 0.3 is 0 Å². The normalized spacial score (nSPS) is 17.5. The summed E-state index contributed by atoms with van der Waals surface area (Å²) in [6.45, 7) is 4.40. The van der Waals surface area contributed by atoms with Gasteiger partial charge in [-0.2, -0.15) is 0 Å². The molecule has 22 heavy (non-hydrogen) atoms. The van der Waals surface area contributed by atoms with Gasteiger partial charge in [0.25, 0.3) is 0 Å². The van der Waals surface area contributed by atoms with Crippen molar-refractivity contribution in [3.8, 4) is 0 Å². The van der Waals surface area contributed by atoms with Gasteiger partial charge in [0.15, 0.2) is 0 Å². The van der Waals surface area contributed by atoms with Crippen molar-refractivity contribution in [2.45, 2.75) is 32.7 Å². The number of amides is 1. The van der Waals surface area contributed by atoms with Crippen LogP contribution in [0.25, 0.3) is 0 Å². The Morgan fingerprint density at radius 2 is 1.91 bits per heavy atom. The third-order valence-electron chi connectivity index (χ3n) is 3.91. The Hall–Kier alpha value is -2.43. The highest BCUT2D eigenvalue weighted by Gasteiger charge is 2.28. The summed E-state index contributed by atoms with van der Waals surface area (Å²) in [7, 11) is 0. The minimum absolute atomic E-state index is 0.0877. The second-order valence-electron chi connectivity index (χ2n) is 5.61. The van der Waals surface area contributed by atoms with Crippen molar-refractivity contribution in [1.82, 2.24) is 14.9 Å². The van der Waals surface area contributed by atoms with Gasteiger partial charge in [-0.3, -0.25) is 4.79 Å². The number of rotatable bonds is 3. The molecule has 0 spiro atoms. The van der Waals surface area contributed by atoms with Gasteiger partial charge in [-0.15, -0.1) is 0 Å². The minimum atomic E-state index is 0.0877. The Morgan fingerprint density at radius 3 is 2.64 bits per heavy atom. The lowest BCUT2D eigenvalue weighted by atomic mass is 10.1. The summed E-state index contributed by atoms with van der Waals surface area (Å²) in [4.78, 5) is 22.7. The fourth-order valence-electron chi connectivity index (χ4n) is 2.90. The molecule has 0 saturated carbocycles. The summed E-state index contributed by atoms with van der Waals surface area (Å²) in [5.74, 6) is 1.65. The summed E-state index contributed by atoms with van der Waals surface area (Å²) >= 11 is 0. The van der Waals surface area contributed by atoms with Gasteiger partial charge < -0.3 is 10.2 Å². The molecule has 3 heterocycles. The van der Waals surface area contributed by atoms with Gasteiger partial charge in [-0.1, -0.05) is 12.1 Å². The molecular formula is C17H20N4O. The molecule has 114 valence electrons. The number of hydrogen-bond donors (Lipinski definition) is 1. The van der Waals surface area contributed by atoms with Crippen molar-refractivity contribution in [2.75, 3.05) is 11.9 Å². The number of pyridine rings is 2. The van der Waals surface area contributed by atoms with Crippen LogP contribution in [0.1, 0.15) is 37.2 Å². The number of likely N-dealkylation sites (tertiary alicyclic amines) is 1. The molecule has 2 aromatic rings. The van der Waals surface area contributed by atoms with Crippen LogP contribution < -0.4 is 5.32 Å². The highest BCUT2D eigenvalue weighted by Crippen LogP contribution is 2.31. The fourth-order valence-corrected chi connectivity index (χ4v) is 2.90. The lowest BCUT2D eigenvalue weighted by Gasteiger charge is -2.23. The van der Waals surface area contributed by atoms with Crippen LogP contribution in [0.5, 0.6) is 0 Å². The van der Waals surface area contributed by atoms with E-state index in [1.165, 1.54) is 0 Å². The first-order chi connectivity index (χ1) is 10.6. The molecule has 3 rings (SSSR count). The topological polar surface area (TPSA) is 58.1 Å². The lowest BCUT2D eigenvalue weighted by molar-refractivity contribution is -0.129. The van der Waals surface area contributed by atoms with E-state index in [0.717, 1.165) is 42.4 Å². The summed E-state index contributed by atoms with van der Waals surface area (Å²) in [6, 6.07) is 11.8. The number of nitrogens with zero attached hydrogens (tertiary/aromatic N) is 3. The van der Waals surface area contributed by atoms with Crippen molar-refractivity contribution >= 4 is 17.5 Å². The molecular weight excluding hydrogens is 276 g/mol. The molecule has 5 nitrogen and oxygen atoms in total. The van der Waals surface area contributed by atoms with E-state index in [2.05, 4.69) is 15.3 Å². The molecule has 1 saturated heterocycles. The summed E-state index contributed by atoms with van der Waals surface area (Å²) in [6.07, 6.45) is 2.00. The first-order valence-electron chi connectivity index (χ1n) is 7.58. The average molecular weight is 296 g/mol. The molecule has 2 aromatic heterocycles. The van der Waals surface area contributed by atoms with Crippen molar-refractivity contribution in [3.63, 3.8) is 0 Å². The maximum Gasteiger partial charge on any atom is 0.220 e. The largest absolute Gasteiger partial charge is 0.334 e. The maximum absolute atomic E-state index is 11.7. The van der Waals surface area contributed by atoms with Gasteiger partial charge in [0, 0.05) is 19.2 Å². The summed E-state index contributed by atoms with van der Waals surface area (Å²) in [5.41, 5.74) is 1.89. The van der Waals surface area contributed by atoms with Crippen LogP contribution in [-0.2, 0) is 4.79 Å². The molecule has 5 heteroatoms. The van der Waals surface area contributed by atoms with E-state index in [9.17, 15) is 4.79 Å². The monoisotopic (exact) mass is 296 g/mol. The Kier molecular flexibility index (Phi) is 4.04. The number of carbonyl (C=O) groups excluding carboxylic acids is 1. The van der Waals surface area contributed by atoms with Gasteiger partial charge in [0.2, 0.25) is 5.91 Å². The van der Waals surface area contributed by atoms with Crippen LogP contribution in [0.3, 0.4) is 0 Å². The minimum Gasteiger partial charge on any atom is -0.334 e. The van der Waals surface area contributed by atoms with Crippen LogP contribution in [0, 0.1) is 6.92 Å². The first kappa shape index (κ1) is 14.5. The zero-order valence-corrected chi connectivity index (χ0v) is 12.9. The number of carbonyl (C=O) groups is 1. The number of nitrogens with one attached hydrogen (secondary N) is 1. The second-order valence-corrected chi connectivity index (χ2v) is 5.61. The van der Waals surface area contributed by atoms with Gasteiger partial charge in [-0.05, 0) is 44.0 Å². The smallest absolute Gasteiger partial charge is 0.220 e. The van der Waals surface area contributed by atoms with Crippen LogP contribution >= 0.6 is 0 Å². The highest BCUT2D eigenvalue weighted by molar-refractivity contribution is 5.74. The van der Waals surface area contributed by atoms with Crippen LogP contribution in [0.2, 0.25) is 0 Å². The average Bonchev–Trinajstić information content (AvgIpc) is 2.97. The maximum atomic E-state index is 11.7. The molecule has 0 bridgehead atoms. The van der Waals surface area contributed by atoms with Crippen LogP contribution in [0.4, 0.5) is 11.6 Å². The fraction of sp³-hybridized carbons (Fsp3) is 0.353. The third kappa shape index (κ3) is 3.08. The van der Waals surface area contributed by atoms with Crippen molar-refractivity contribution in [2.24, 2.45) is 0 Å². The quantitative estimate of drug-likeness (QED) is 0.945. The lowest BCUT2D eigenvalue weighted by Crippen LogP contribution is -2.28. The molecule has 1 atom stereocenters. The summed E-state index contributed by atoms with van der Waals surface area (Å²) in [5, 5.41) is 3.23. The van der Waals surface area contributed by atoms with Crippen molar-refractivity contribution in [3.05, 3.63) is 47.8 Å². The highest BCUT2D eigenvalue weighted by atomic mass is 16.2. The van der Waals surface area contributed by atoms with E-state index in [-0.39, 0.29) is 11.9 Å². The molecule has 1 aliphatic heterocycles. The SMILES string of the molecule is CC(=O)N1CCC[C@H]1c1cccc(Nc2cccc(C)n2)n1. The van der Waals surface area contributed by atoms with E-state index >= 15 is 0 Å². The zero-order chi connectivity index (χ0) is 15.5. The molecule has 0 radical (unpaired) electrons. The van der Waals surface area contributed by atoms with Gasteiger partial charge in [0.05, 0.1) is 11.7 Å². The van der Waals surface area contributed by atoms with Crippen LogP contribution in [-0.4, -0.2) is 27.3 Å². The number of anilines is 2. The third-order valence-corrected chi connectivity index (χ3v) is 3.91. The van der Waals surface area contributed by atoms with Crippen molar-refractivity contribution in [1.29, 1.82) is 0 Å². The standard InChI is InChI=1S/C17H20N4O/c1-12-6-3-9-16(18-12)20-17-10-4-7-14(19-17)15-8-5-11-21(15)13(2)22/h3-4,6-7,9-10,15H,5,8,11H2,1-2H3,(H,18,19,20)/t15-/m0/s1. The van der Waals surface area contributed by atoms with Gasteiger partial charge in [0.1, 0.15) is 11.6 Å². The molecule has 0 aromatic carbocycles. The second kappa shape index (κ2) is 6.13. The predicted octanol–water partition coefficient (Wildman–Crippen LogP) is 3.21. The van der Waals surface area contributed by atoms with E-state index in [4.69, 9.17) is 0 Å². The predicted molar refractivity (Wildman–Crippen MR) is 85.9 cm³/mol. The molecule has 1 aliphatic rings. The Balaban J connectivity index is 1.82. The van der Waals surface area contributed by atoms with E-state index in [1.54, 1.807) is 6.92 Å². The molecule has 0 unspecified atom stereocenters. The van der Waals surface area contributed by atoms with Crippen LogP contribution in [0.15, 0.2) is 36.4 Å². The number of aryl methyl sites for hydroxylation is 1. The molecule has 1 N–H and O–H groups in total. The van der Waals surface area contributed by atoms with E-state index < -0.39 is 0 Å². The Labute approximate surface area is 130 Å². The van der Waals surface area contributed by atoms with E-state index in [1.807, 2.05) is 48.2 Å². The zero-order valence-electron chi connectivity index (χ0n) is 12.9. The Bertz CT molecular complexity index is 686. The molecule has 1 fully saturated rings. The van der Waals surface area contributed by atoms with Gasteiger partial charge in [-0.25, -0.2) is 9.97 Å². The number of hydrogen-bond acceptors (Lipinski definition) is 4. The summed E-state index contributed by atoms with van der Waals surface area (Å²) < 4.78 is 0. The molecule has 1 amide bonds. The van der Waals surface area contributed by atoms with Crippen molar-refractivity contribution < 1.29 is 4.79 Å².